The van der Waals surface area contributed by atoms with Gasteiger partial charge >= 0.3 is 0 Å². The Labute approximate surface area is 316 Å². The summed E-state index contributed by atoms with van der Waals surface area (Å²) >= 11 is 0. The molecule has 0 atom stereocenters. The maximum atomic E-state index is 2.33. The highest BCUT2D eigenvalue weighted by Gasteiger charge is 2.25. The van der Waals surface area contributed by atoms with Gasteiger partial charge < -0.3 is 0 Å². The third-order valence-corrected chi connectivity index (χ3v) is 10.2. The van der Waals surface area contributed by atoms with Crippen molar-refractivity contribution in [3.63, 3.8) is 0 Å². The zero-order valence-electron chi connectivity index (χ0n) is 36.7. The lowest BCUT2D eigenvalue weighted by molar-refractivity contribution is 0.568. The Morgan fingerprint density at radius 3 is 0.569 bits per heavy atom. The molecule has 4 aromatic carbocycles. The highest BCUT2D eigenvalue weighted by Crippen LogP contribution is 2.35. The second-order valence-corrected chi connectivity index (χ2v) is 21.4. The minimum atomic E-state index is 0.0207. The molecule has 0 heterocycles. The summed E-state index contributed by atoms with van der Waals surface area (Å²) in [6, 6.07) is 36.2. The van der Waals surface area contributed by atoms with Gasteiger partial charge in [0.2, 0.25) is 0 Å². The minimum absolute atomic E-state index is 0.0207. The molecular weight excluding hydrogens is 613 g/mol. The first-order valence-electron chi connectivity index (χ1n) is 19.3. The molecule has 280 valence electrons. The molecule has 0 aliphatic rings. The van der Waals surface area contributed by atoms with Crippen molar-refractivity contribution in [3.05, 3.63) is 142 Å². The second kappa shape index (κ2) is 15.9. The summed E-state index contributed by atoms with van der Waals surface area (Å²) in [6.45, 7) is 45.2. The van der Waals surface area contributed by atoms with E-state index in [1.165, 1.54) is 44.5 Å². The Balaban J connectivity index is 0.000000280. The van der Waals surface area contributed by atoms with Crippen LogP contribution in [0, 0.1) is 0 Å². The van der Waals surface area contributed by atoms with Crippen molar-refractivity contribution < 1.29 is 0 Å². The summed E-state index contributed by atoms with van der Waals surface area (Å²) in [5.74, 6) is 0. The van der Waals surface area contributed by atoms with E-state index in [1.807, 2.05) is 0 Å². The number of benzene rings is 4. The normalized spacial score (nSPS) is 13.1. The van der Waals surface area contributed by atoms with Gasteiger partial charge in [0.05, 0.1) is 0 Å². The summed E-state index contributed by atoms with van der Waals surface area (Å²) in [4.78, 5) is 0. The lowest BCUT2D eigenvalue weighted by atomic mass is 9.75. The van der Waals surface area contributed by atoms with Crippen molar-refractivity contribution in [3.8, 4) is 0 Å². The number of rotatable bonds is 2. The Bertz CT molecular complexity index is 1510. The van der Waals surface area contributed by atoms with Gasteiger partial charge in [-0.15, -0.1) is 0 Å². The number of hydrogen-bond acceptors (Lipinski definition) is 0. The first-order chi connectivity index (χ1) is 22.8. The maximum Gasteiger partial charge on any atom is 0.0146 e. The van der Waals surface area contributed by atoms with E-state index in [0.717, 1.165) is 0 Å². The predicted octanol–water partition coefficient (Wildman–Crippen LogP) is 15.2. The van der Waals surface area contributed by atoms with Gasteiger partial charge in [0.25, 0.3) is 0 Å². The molecule has 0 aliphatic carbocycles. The minimum Gasteiger partial charge on any atom is -0.0617 e. The summed E-state index contributed by atoms with van der Waals surface area (Å²) < 4.78 is 0. The fourth-order valence-corrected chi connectivity index (χ4v) is 5.86. The van der Waals surface area contributed by atoms with Crippen LogP contribution in [0.4, 0.5) is 0 Å². The van der Waals surface area contributed by atoms with Crippen LogP contribution in [0.25, 0.3) is 0 Å². The molecule has 0 saturated carbocycles. The third-order valence-electron chi connectivity index (χ3n) is 10.2. The molecule has 0 bridgehead atoms. The van der Waals surface area contributed by atoms with Crippen LogP contribution < -0.4 is 0 Å². The van der Waals surface area contributed by atoms with Crippen molar-refractivity contribution in [1.29, 1.82) is 0 Å². The Morgan fingerprint density at radius 1 is 0.216 bits per heavy atom. The molecule has 0 N–H and O–H groups in total. The van der Waals surface area contributed by atoms with Gasteiger partial charge in [-0.25, -0.2) is 0 Å². The number of hydrogen-bond donors (Lipinski definition) is 0. The average Bonchev–Trinajstić information content (AvgIpc) is 2.99. The summed E-state index contributed by atoms with van der Waals surface area (Å²) in [5, 5.41) is 0. The van der Waals surface area contributed by atoms with Crippen molar-refractivity contribution in [2.45, 2.75) is 176 Å². The lowest BCUT2D eigenvalue weighted by Crippen LogP contribution is -2.20. The van der Waals surface area contributed by atoms with Crippen LogP contribution in [-0.4, -0.2) is 0 Å². The van der Waals surface area contributed by atoms with Crippen LogP contribution in [0.3, 0.4) is 0 Å². The van der Waals surface area contributed by atoms with Crippen LogP contribution in [-0.2, 0) is 37.9 Å². The van der Waals surface area contributed by atoms with Crippen LogP contribution in [0.15, 0.2) is 97.1 Å². The van der Waals surface area contributed by atoms with Crippen LogP contribution in [0.2, 0.25) is 0 Å². The first kappa shape index (κ1) is 44.0. The molecule has 4 aromatic rings. The van der Waals surface area contributed by atoms with Crippen molar-refractivity contribution in [2.75, 3.05) is 0 Å². The lowest BCUT2D eigenvalue weighted by Gasteiger charge is -2.28. The fourth-order valence-electron chi connectivity index (χ4n) is 5.86. The van der Waals surface area contributed by atoms with Crippen LogP contribution in [0.1, 0.15) is 183 Å². The maximum absolute atomic E-state index is 2.33. The van der Waals surface area contributed by atoms with Gasteiger partial charge in [-0.2, -0.15) is 0 Å². The van der Waals surface area contributed by atoms with Gasteiger partial charge in [-0.05, 0) is 77.0 Å². The molecule has 0 radical (unpaired) electrons. The zero-order valence-corrected chi connectivity index (χ0v) is 36.7. The highest BCUT2D eigenvalue weighted by atomic mass is 14.3. The molecule has 51 heavy (non-hydrogen) atoms. The molecule has 0 aromatic heterocycles. The Hall–Kier alpha value is -3.12. The molecule has 0 spiro atoms. The second-order valence-electron chi connectivity index (χ2n) is 21.4. The SMILES string of the molecule is CC(C)(C)c1ccc(C(C)(C)C)cc1.CC(C)(C)c1ccc(C(C)(C)c2ccc(C(C)(C)C)cc2)cc1.CC(C)(C)c1cccc(C(C)(C)C)c1. The van der Waals surface area contributed by atoms with E-state index in [-0.39, 0.29) is 37.9 Å². The quantitative estimate of drug-likeness (QED) is 0.197. The first-order valence-corrected chi connectivity index (χ1v) is 19.3. The van der Waals surface area contributed by atoms with E-state index in [2.05, 4.69) is 236 Å². The monoisotopic (exact) mass is 689 g/mol. The third kappa shape index (κ3) is 13.1. The molecule has 0 fully saturated rings. The zero-order chi connectivity index (χ0) is 39.4. The Morgan fingerprint density at radius 2 is 0.392 bits per heavy atom. The molecule has 0 amide bonds. The molecule has 0 unspecified atom stereocenters. The van der Waals surface area contributed by atoms with Crippen LogP contribution in [0.5, 0.6) is 0 Å². The molecule has 0 aliphatic heterocycles. The molecule has 0 saturated heterocycles. The van der Waals surface area contributed by atoms with Crippen molar-refractivity contribution in [2.24, 2.45) is 0 Å². The molecule has 4 rings (SSSR count). The predicted molar refractivity (Wildman–Crippen MR) is 230 cm³/mol. The van der Waals surface area contributed by atoms with E-state index in [9.17, 15) is 0 Å². The van der Waals surface area contributed by atoms with Crippen molar-refractivity contribution >= 4 is 0 Å². The summed E-state index contributed by atoms with van der Waals surface area (Å²) in [7, 11) is 0. The smallest absolute Gasteiger partial charge is 0.0146 e. The molecule has 0 nitrogen and oxygen atoms in total. The topological polar surface area (TPSA) is 0 Å². The van der Waals surface area contributed by atoms with Gasteiger partial charge in [0.1, 0.15) is 0 Å². The van der Waals surface area contributed by atoms with Crippen molar-refractivity contribution in [1.82, 2.24) is 0 Å². The van der Waals surface area contributed by atoms with E-state index >= 15 is 0 Å². The standard InChI is InChI=1S/C23H32.2C14H22/c1-21(2,3)17-9-13-19(14-10-17)23(7,8)20-15-11-18(12-16-20)22(4,5)6;1-13(2,3)11-7-9-12(10-8-11)14(4,5)6;1-13(2,3)11-8-7-9-12(10-11)14(4,5)6/h9-16H,1-8H3;2*7-10H,1-6H3. The summed E-state index contributed by atoms with van der Waals surface area (Å²) in [6.07, 6.45) is 0. The van der Waals surface area contributed by atoms with Crippen LogP contribution >= 0.6 is 0 Å². The largest absolute Gasteiger partial charge is 0.0617 e. The van der Waals surface area contributed by atoms with Gasteiger partial charge in [0, 0.05) is 5.41 Å². The fraction of sp³-hybridized carbons (Fsp3) is 0.529. The van der Waals surface area contributed by atoms with E-state index in [1.54, 1.807) is 0 Å². The molecule has 0 heteroatoms. The highest BCUT2D eigenvalue weighted by molar-refractivity contribution is 5.41. The Kier molecular flexibility index (Phi) is 13.7. The van der Waals surface area contributed by atoms with E-state index < -0.39 is 0 Å². The van der Waals surface area contributed by atoms with Gasteiger partial charge in [0.15, 0.2) is 0 Å². The van der Waals surface area contributed by atoms with E-state index in [4.69, 9.17) is 0 Å². The average molecular weight is 689 g/mol. The van der Waals surface area contributed by atoms with E-state index in [0.29, 0.717) is 0 Å². The van der Waals surface area contributed by atoms with Gasteiger partial charge in [-0.3, -0.25) is 0 Å². The molecular formula is C51H76. The van der Waals surface area contributed by atoms with Gasteiger partial charge in [-0.1, -0.05) is 236 Å². The summed E-state index contributed by atoms with van der Waals surface area (Å²) in [5.41, 5.74) is 12.6.